The molecular weight excluding hydrogens is 486 g/mol. The lowest BCUT2D eigenvalue weighted by Gasteiger charge is -2.13. The molecule has 3 N–H and O–H groups in total. The van der Waals surface area contributed by atoms with Crippen molar-refractivity contribution in [2.45, 2.75) is 4.90 Å². The molecule has 0 radical (unpaired) electrons. The summed E-state index contributed by atoms with van der Waals surface area (Å²) in [5, 5.41) is 6.93. The molecule has 180 valence electrons. The summed E-state index contributed by atoms with van der Waals surface area (Å²) in [4.78, 5) is 38.3. The Hall–Kier alpha value is -3.55. The maximum Gasteiger partial charge on any atom is 0.294 e. The van der Waals surface area contributed by atoms with E-state index in [4.69, 9.17) is 19.3 Å². The van der Waals surface area contributed by atoms with E-state index >= 15 is 0 Å². The molecule has 1 fully saturated rings. The third-order valence-corrected chi connectivity index (χ3v) is 6.46. The van der Waals surface area contributed by atoms with Crippen molar-refractivity contribution in [1.82, 2.24) is 4.90 Å². The second kappa shape index (κ2) is 10.2. The van der Waals surface area contributed by atoms with Crippen LogP contribution in [0.1, 0.15) is 5.56 Å². The van der Waals surface area contributed by atoms with Crippen molar-refractivity contribution in [2.75, 3.05) is 33.2 Å². The van der Waals surface area contributed by atoms with Crippen molar-refractivity contribution in [1.29, 1.82) is 0 Å². The monoisotopic (exact) mass is 507 g/mol. The summed E-state index contributed by atoms with van der Waals surface area (Å²) >= 11 is 0.692. The fraction of sp³-hybridized carbons (Fsp3) is 0.190. The molecule has 0 spiro atoms. The molecular formula is C21H21N3O8S2. The number of nitrogens with one attached hydrogen (secondary N) is 1. The fourth-order valence-corrected chi connectivity index (χ4v) is 4.40. The van der Waals surface area contributed by atoms with Crippen LogP contribution in [-0.2, 0) is 19.6 Å². The van der Waals surface area contributed by atoms with Gasteiger partial charge in [-0.2, -0.15) is 0 Å². The average Bonchev–Trinajstić information content (AvgIpc) is 3.05. The van der Waals surface area contributed by atoms with Gasteiger partial charge in [-0.3, -0.25) is 19.3 Å². The molecule has 3 rings (SSSR count). The molecule has 1 aliphatic rings. The van der Waals surface area contributed by atoms with Crippen molar-refractivity contribution in [3.63, 3.8) is 0 Å². The molecule has 2 aromatic rings. The smallest absolute Gasteiger partial charge is 0.294 e. The number of nitrogens with zero attached hydrogens (tertiary/aromatic N) is 1. The number of hydrogen-bond donors (Lipinski definition) is 2. The van der Waals surface area contributed by atoms with Gasteiger partial charge in [0.25, 0.3) is 11.1 Å². The van der Waals surface area contributed by atoms with Crippen LogP contribution < -0.4 is 24.7 Å². The zero-order valence-corrected chi connectivity index (χ0v) is 20.0. The summed E-state index contributed by atoms with van der Waals surface area (Å²) in [7, 11) is 0.504. The maximum atomic E-state index is 12.8. The van der Waals surface area contributed by atoms with Gasteiger partial charge in [-0.15, -0.1) is 0 Å². The standard InChI is InChI=1S/C21H21N3O8S2/c1-30-15-8-12(9-16(31-2)19(15)32-3)10-17-20(26)24(21(27)33-17)11-18(25)23-13-4-6-14(7-5-13)34(22,28)29/h4-10H,11H2,1-3H3,(H,23,25)(H2,22,28,29)/b17-10-. The SMILES string of the molecule is COc1cc(/C=C2\SC(=O)N(CC(=O)Nc3ccc(S(N)(=O)=O)cc3)C2=O)cc(OC)c1OC. The van der Waals surface area contributed by atoms with Gasteiger partial charge in [0.2, 0.25) is 21.7 Å². The minimum atomic E-state index is -3.87. The summed E-state index contributed by atoms with van der Waals surface area (Å²) < 4.78 is 38.5. The summed E-state index contributed by atoms with van der Waals surface area (Å²) in [6, 6.07) is 8.38. The number of anilines is 1. The van der Waals surface area contributed by atoms with Crippen LogP contribution in [0, 0.1) is 0 Å². The maximum absolute atomic E-state index is 12.8. The van der Waals surface area contributed by atoms with Gasteiger partial charge < -0.3 is 19.5 Å². The predicted molar refractivity (Wildman–Crippen MR) is 125 cm³/mol. The Morgan fingerprint density at radius 2 is 1.65 bits per heavy atom. The number of methoxy groups -OCH3 is 3. The van der Waals surface area contributed by atoms with Gasteiger partial charge in [0, 0.05) is 5.69 Å². The van der Waals surface area contributed by atoms with Gasteiger partial charge in [-0.05, 0) is 59.8 Å². The molecule has 0 atom stereocenters. The highest BCUT2D eigenvalue weighted by Gasteiger charge is 2.36. The first-order valence-electron chi connectivity index (χ1n) is 9.55. The van der Waals surface area contributed by atoms with E-state index in [0.29, 0.717) is 34.6 Å². The van der Waals surface area contributed by atoms with Crippen molar-refractivity contribution < 1.29 is 37.0 Å². The molecule has 1 saturated heterocycles. The van der Waals surface area contributed by atoms with Crippen LogP contribution in [0.5, 0.6) is 17.2 Å². The number of nitrogens with two attached hydrogens (primary N) is 1. The Balaban J connectivity index is 1.74. The molecule has 1 aliphatic heterocycles. The summed E-state index contributed by atoms with van der Waals surface area (Å²) in [5.41, 5.74) is 0.803. The normalized spacial score (nSPS) is 14.9. The fourth-order valence-electron chi connectivity index (χ4n) is 3.04. The highest BCUT2D eigenvalue weighted by molar-refractivity contribution is 8.18. The third-order valence-electron chi connectivity index (χ3n) is 4.63. The lowest BCUT2D eigenvalue weighted by Crippen LogP contribution is -2.36. The minimum Gasteiger partial charge on any atom is -0.493 e. The molecule has 0 aliphatic carbocycles. The second-order valence-electron chi connectivity index (χ2n) is 6.84. The van der Waals surface area contributed by atoms with Crippen LogP contribution in [-0.4, -0.2) is 58.2 Å². The average molecular weight is 508 g/mol. The Morgan fingerprint density at radius 1 is 1.06 bits per heavy atom. The molecule has 2 aromatic carbocycles. The van der Waals surface area contributed by atoms with Crippen molar-refractivity contribution in [2.24, 2.45) is 5.14 Å². The van der Waals surface area contributed by atoms with Crippen LogP contribution in [0.3, 0.4) is 0 Å². The van der Waals surface area contributed by atoms with Crippen molar-refractivity contribution in [3.8, 4) is 17.2 Å². The molecule has 0 unspecified atom stereocenters. The summed E-state index contributed by atoms with van der Waals surface area (Å²) in [5.74, 6) is -0.146. The molecule has 0 bridgehead atoms. The molecule has 13 heteroatoms. The van der Waals surface area contributed by atoms with Crippen LogP contribution in [0.2, 0.25) is 0 Å². The number of ether oxygens (including phenoxy) is 3. The first-order chi connectivity index (χ1) is 16.1. The zero-order valence-electron chi connectivity index (χ0n) is 18.4. The van der Waals surface area contributed by atoms with Crippen molar-refractivity contribution in [3.05, 3.63) is 46.9 Å². The van der Waals surface area contributed by atoms with Crippen LogP contribution >= 0.6 is 11.8 Å². The Labute approximate surface area is 199 Å². The van der Waals surface area contributed by atoms with Crippen LogP contribution in [0.25, 0.3) is 6.08 Å². The number of amides is 3. The number of sulfonamides is 1. The van der Waals surface area contributed by atoms with Gasteiger partial charge in [0.05, 0.1) is 31.1 Å². The van der Waals surface area contributed by atoms with E-state index < -0.39 is 33.6 Å². The van der Waals surface area contributed by atoms with Gasteiger partial charge in [0.15, 0.2) is 11.5 Å². The van der Waals surface area contributed by atoms with E-state index in [9.17, 15) is 22.8 Å². The predicted octanol–water partition coefficient (Wildman–Crippen LogP) is 2.03. The van der Waals surface area contributed by atoms with E-state index in [2.05, 4.69) is 5.32 Å². The van der Waals surface area contributed by atoms with E-state index in [-0.39, 0.29) is 15.5 Å². The number of primary sulfonamides is 1. The molecule has 3 amide bonds. The lowest BCUT2D eigenvalue weighted by molar-refractivity contribution is -0.127. The highest BCUT2D eigenvalue weighted by atomic mass is 32.2. The topological polar surface area (TPSA) is 154 Å². The third kappa shape index (κ3) is 5.50. The van der Waals surface area contributed by atoms with Gasteiger partial charge in [-0.25, -0.2) is 13.6 Å². The number of hydrogen-bond acceptors (Lipinski definition) is 9. The van der Waals surface area contributed by atoms with Gasteiger partial charge >= 0.3 is 0 Å². The number of thioether (sulfide) groups is 1. The lowest BCUT2D eigenvalue weighted by atomic mass is 10.1. The van der Waals surface area contributed by atoms with E-state index in [1.807, 2.05) is 0 Å². The summed E-state index contributed by atoms with van der Waals surface area (Å²) in [6.07, 6.45) is 1.49. The molecule has 34 heavy (non-hydrogen) atoms. The first kappa shape index (κ1) is 25.1. The number of carbonyl (C=O) groups excluding carboxylic acids is 3. The van der Waals surface area contributed by atoms with E-state index in [0.717, 1.165) is 4.90 Å². The van der Waals surface area contributed by atoms with E-state index in [1.54, 1.807) is 12.1 Å². The molecule has 0 saturated carbocycles. The van der Waals surface area contributed by atoms with Crippen molar-refractivity contribution >= 4 is 50.6 Å². The summed E-state index contributed by atoms with van der Waals surface area (Å²) in [6.45, 7) is -0.520. The molecule has 1 heterocycles. The highest BCUT2D eigenvalue weighted by Crippen LogP contribution is 2.40. The Morgan fingerprint density at radius 3 is 2.15 bits per heavy atom. The van der Waals surface area contributed by atoms with Gasteiger partial charge in [-0.1, -0.05) is 0 Å². The largest absolute Gasteiger partial charge is 0.493 e. The van der Waals surface area contributed by atoms with E-state index in [1.165, 1.54) is 51.7 Å². The van der Waals surface area contributed by atoms with Crippen LogP contribution in [0.15, 0.2) is 46.2 Å². The zero-order chi connectivity index (χ0) is 25.0. The molecule has 0 aromatic heterocycles. The van der Waals surface area contributed by atoms with Crippen LogP contribution in [0.4, 0.5) is 10.5 Å². The minimum absolute atomic E-state index is 0.115. The number of rotatable bonds is 8. The number of imide groups is 1. The Kier molecular flexibility index (Phi) is 7.49. The quantitative estimate of drug-likeness (QED) is 0.511. The number of carbonyl (C=O) groups is 3. The Bertz CT molecular complexity index is 1250. The molecule has 11 nitrogen and oxygen atoms in total. The number of benzene rings is 2. The second-order valence-corrected chi connectivity index (χ2v) is 9.40. The first-order valence-corrected chi connectivity index (χ1v) is 11.9. The van der Waals surface area contributed by atoms with Gasteiger partial charge in [0.1, 0.15) is 6.54 Å².